The van der Waals surface area contributed by atoms with Gasteiger partial charge in [-0.15, -0.1) is 11.8 Å². The number of benzene rings is 2. The summed E-state index contributed by atoms with van der Waals surface area (Å²) in [7, 11) is 0. The molecule has 0 saturated carbocycles. The Morgan fingerprint density at radius 3 is 2.59 bits per heavy atom. The number of fused-ring (bicyclic) bond motifs is 1. The van der Waals surface area contributed by atoms with Crippen LogP contribution >= 0.6 is 11.8 Å². The second kappa shape index (κ2) is 6.53. The molecule has 2 aromatic rings. The molecule has 0 aliphatic carbocycles. The first-order valence-electron chi connectivity index (χ1n) is 7.42. The maximum Gasteiger partial charge on any atom is 0.236 e. The Bertz CT molecular complexity index is 688. The monoisotopic (exact) mass is 315 g/mol. The molecule has 1 aliphatic rings. The molecule has 0 fully saturated rings. The van der Waals surface area contributed by atoms with Crippen molar-refractivity contribution in [1.82, 2.24) is 4.90 Å². The lowest BCUT2D eigenvalue weighted by Gasteiger charge is -2.30. The van der Waals surface area contributed by atoms with Crippen LogP contribution in [0.25, 0.3) is 0 Å². The normalized spacial score (nSPS) is 15.3. The second-order valence-corrected chi connectivity index (χ2v) is 6.85. The molecule has 0 saturated heterocycles. The summed E-state index contributed by atoms with van der Waals surface area (Å²) < 4.78 is 13.7. The minimum atomic E-state index is -0.290. The van der Waals surface area contributed by atoms with E-state index in [2.05, 4.69) is 12.1 Å². The van der Waals surface area contributed by atoms with Crippen molar-refractivity contribution in [3.8, 4) is 0 Å². The zero-order chi connectivity index (χ0) is 15.5. The molecule has 2 aromatic carbocycles. The fraction of sp³-hybridized carbons (Fsp3) is 0.278. The van der Waals surface area contributed by atoms with Gasteiger partial charge in [0, 0.05) is 18.0 Å². The maximum absolute atomic E-state index is 13.7. The topological polar surface area (TPSA) is 20.3 Å². The van der Waals surface area contributed by atoms with Gasteiger partial charge in [0.15, 0.2) is 0 Å². The standard InChI is InChI=1S/C18H18FNOS/c1-13(22-17-9-5-4-8-16(17)19)18(21)20-11-10-14-6-2-3-7-15(14)12-20/h2-9,13H,10-12H2,1H3. The third-order valence-electron chi connectivity index (χ3n) is 3.93. The lowest BCUT2D eigenvalue weighted by atomic mass is 10.00. The molecule has 114 valence electrons. The molecule has 1 amide bonds. The van der Waals surface area contributed by atoms with Crippen molar-refractivity contribution in [2.24, 2.45) is 0 Å². The van der Waals surface area contributed by atoms with Crippen LogP contribution in [0.4, 0.5) is 4.39 Å². The fourth-order valence-corrected chi connectivity index (χ4v) is 3.69. The molecule has 0 bridgehead atoms. The molecule has 4 heteroatoms. The average molecular weight is 315 g/mol. The van der Waals surface area contributed by atoms with Crippen LogP contribution in [0.5, 0.6) is 0 Å². The Kier molecular flexibility index (Phi) is 4.48. The highest BCUT2D eigenvalue weighted by Crippen LogP contribution is 2.28. The van der Waals surface area contributed by atoms with E-state index in [1.165, 1.54) is 29.0 Å². The molecular weight excluding hydrogens is 297 g/mol. The number of rotatable bonds is 3. The first-order valence-corrected chi connectivity index (χ1v) is 8.30. The SMILES string of the molecule is CC(Sc1ccccc1F)C(=O)N1CCc2ccccc2C1. The number of carbonyl (C=O) groups excluding carboxylic acids is 1. The second-order valence-electron chi connectivity index (χ2n) is 5.47. The van der Waals surface area contributed by atoms with Gasteiger partial charge in [-0.05, 0) is 36.6 Å². The van der Waals surface area contributed by atoms with Crippen LogP contribution in [0.3, 0.4) is 0 Å². The average Bonchev–Trinajstić information content (AvgIpc) is 2.55. The van der Waals surface area contributed by atoms with E-state index in [-0.39, 0.29) is 17.0 Å². The summed E-state index contributed by atoms with van der Waals surface area (Å²) in [5.74, 6) is -0.195. The smallest absolute Gasteiger partial charge is 0.236 e. The van der Waals surface area contributed by atoms with E-state index < -0.39 is 0 Å². The van der Waals surface area contributed by atoms with Crippen molar-refractivity contribution in [2.75, 3.05) is 6.54 Å². The molecule has 1 aliphatic heterocycles. The third kappa shape index (κ3) is 3.17. The van der Waals surface area contributed by atoms with Crippen molar-refractivity contribution < 1.29 is 9.18 Å². The summed E-state index contributed by atoms with van der Waals surface area (Å²) in [6, 6.07) is 14.8. The van der Waals surface area contributed by atoms with Gasteiger partial charge in [0.05, 0.1) is 5.25 Å². The first kappa shape index (κ1) is 15.1. The van der Waals surface area contributed by atoms with E-state index in [9.17, 15) is 9.18 Å². The maximum atomic E-state index is 13.7. The van der Waals surface area contributed by atoms with Gasteiger partial charge in [-0.25, -0.2) is 4.39 Å². The molecule has 3 rings (SSSR count). The van der Waals surface area contributed by atoms with Crippen LogP contribution in [0, 0.1) is 5.82 Å². The van der Waals surface area contributed by atoms with Gasteiger partial charge >= 0.3 is 0 Å². The van der Waals surface area contributed by atoms with Gasteiger partial charge in [-0.3, -0.25) is 4.79 Å². The minimum Gasteiger partial charge on any atom is -0.337 e. The van der Waals surface area contributed by atoms with E-state index in [1.807, 2.05) is 24.0 Å². The van der Waals surface area contributed by atoms with E-state index in [4.69, 9.17) is 0 Å². The summed E-state index contributed by atoms with van der Waals surface area (Å²) in [6.07, 6.45) is 0.888. The predicted molar refractivity (Wildman–Crippen MR) is 87.3 cm³/mol. The van der Waals surface area contributed by atoms with Crippen LogP contribution in [0.15, 0.2) is 53.4 Å². The van der Waals surface area contributed by atoms with E-state index >= 15 is 0 Å². The minimum absolute atomic E-state index is 0.0720. The largest absolute Gasteiger partial charge is 0.337 e. The summed E-state index contributed by atoms with van der Waals surface area (Å²) in [6.45, 7) is 3.23. The van der Waals surface area contributed by atoms with Crippen molar-refractivity contribution in [1.29, 1.82) is 0 Å². The van der Waals surface area contributed by atoms with Crippen molar-refractivity contribution in [3.63, 3.8) is 0 Å². The number of hydrogen-bond donors (Lipinski definition) is 0. The van der Waals surface area contributed by atoms with Crippen LogP contribution in [0.2, 0.25) is 0 Å². The van der Waals surface area contributed by atoms with Crippen molar-refractivity contribution >= 4 is 17.7 Å². The van der Waals surface area contributed by atoms with Crippen LogP contribution in [0.1, 0.15) is 18.1 Å². The fourth-order valence-electron chi connectivity index (χ4n) is 2.72. The summed E-state index contributed by atoms with van der Waals surface area (Å²) >= 11 is 1.29. The molecule has 0 radical (unpaired) electrons. The Morgan fingerprint density at radius 2 is 1.82 bits per heavy atom. The zero-order valence-corrected chi connectivity index (χ0v) is 13.3. The molecule has 1 atom stereocenters. The van der Waals surface area contributed by atoms with Gasteiger partial charge in [0.2, 0.25) is 5.91 Å². The lowest BCUT2D eigenvalue weighted by Crippen LogP contribution is -2.40. The quantitative estimate of drug-likeness (QED) is 0.801. The Morgan fingerprint density at radius 1 is 1.14 bits per heavy atom. The number of nitrogens with zero attached hydrogens (tertiary/aromatic N) is 1. The molecule has 0 spiro atoms. The first-order chi connectivity index (χ1) is 10.6. The number of halogens is 1. The summed E-state index contributed by atoms with van der Waals surface area (Å²) in [5.41, 5.74) is 2.53. The highest BCUT2D eigenvalue weighted by molar-refractivity contribution is 8.00. The highest BCUT2D eigenvalue weighted by Gasteiger charge is 2.25. The number of amides is 1. The summed E-state index contributed by atoms with van der Waals surface area (Å²) in [4.78, 5) is 15.0. The molecule has 2 nitrogen and oxygen atoms in total. The summed E-state index contributed by atoms with van der Waals surface area (Å²) in [5, 5.41) is -0.290. The molecular formula is C18H18FNOS. The third-order valence-corrected chi connectivity index (χ3v) is 5.07. The molecule has 1 heterocycles. The number of thioether (sulfide) groups is 1. The van der Waals surface area contributed by atoms with Crippen LogP contribution in [-0.2, 0) is 17.8 Å². The number of carbonyl (C=O) groups is 1. The van der Waals surface area contributed by atoms with Crippen LogP contribution < -0.4 is 0 Å². The Balaban J connectivity index is 1.68. The molecule has 1 unspecified atom stereocenters. The predicted octanol–water partition coefficient (Wildman–Crippen LogP) is 3.89. The van der Waals surface area contributed by atoms with Crippen molar-refractivity contribution in [3.05, 3.63) is 65.5 Å². The van der Waals surface area contributed by atoms with E-state index in [0.717, 1.165) is 13.0 Å². The van der Waals surface area contributed by atoms with Gasteiger partial charge in [0.1, 0.15) is 5.82 Å². The van der Waals surface area contributed by atoms with Gasteiger partial charge in [0.25, 0.3) is 0 Å². The van der Waals surface area contributed by atoms with Crippen LogP contribution in [-0.4, -0.2) is 22.6 Å². The zero-order valence-electron chi connectivity index (χ0n) is 12.5. The van der Waals surface area contributed by atoms with Gasteiger partial charge < -0.3 is 4.90 Å². The highest BCUT2D eigenvalue weighted by atomic mass is 32.2. The lowest BCUT2D eigenvalue weighted by molar-refractivity contribution is -0.131. The van der Waals surface area contributed by atoms with E-state index in [0.29, 0.717) is 11.4 Å². The van der Waals surface area contributed by atoms with Crippen molar-refractivity contribution in [2.45, 2.75) is 30.0 Å². The molecule has 22 heavy (non-hydrogen) atoms. The molecule has 0 aromatic heterocycles. The molecule has 0 N–H and O–H groups in total. The Hall–Kier alpha value is -1.81. The Labute approximate surface area is 134 Å². The number of hydrogen-bond acceptors (Lipinski definition) is 2. The van der Waals surface area contributed by atoms with E-state index in [1.54, 1.807) is 18.2 Å². The van der Waals surface area contributed by atoms with Gasteiger partial charge in [-0.1, -0.05) is 36.4 Å². The van der Waals surface area contributed by atoms with Gasteiger partial charge in [-0.2, -0.15) is 0 Å².